The van der Waals surface area contributed by atoms with Gasteiger partial charge >= 0.3 is 5.97 Å². The molecule has 3 heterocycles. The Morgan fingerprint density at radius 1 is 1.24 bits per heavy atom. The van der Waals surface area contributed by atoms with Crippen LogP contribution in [0.2, 0.25) is 0 Å². The number of amides is 1. The first-order valence-electron chi connectivity index (χ1n) is 11.7. The van der Waals surface area contributed by atoms with Gasteiger partial charge in [0.25, 0.3) is 0 Å². The second-order valence-electron chi connectivity index (χ2n) is 9.50. The van der Waals surface area contributed by atoms with Gasteiger partial charge < -0.3 is 15.4 Å². The van der Waals surface area contributed by atoms with E-state index < -0.39 is 27.4 Å². The highest BCUT2D eigenvalue weighted by molar-refractivity contribution is 7.89. The first kappa shape index (κ1) is 24.7. The van der Waals surface area contributed by atoms with Crippen molar-refractivity contribution < 1.29 is 27.5 Å². The molecule has 0 bridgehead atoms. The number of carbonyl (C=O) groups excluding carboxylic acids is 1. The van der Waals surface area contributed by atoms with Crippen LogP contribution in [0, 0.1) is 5.82 Å². The zero-order chi connectivity index (χ0) is 26.5. The van der Waals surface area contributed by atoms with Gasteiger partial charge in [0, 0.05) is 53.3 Å². The van der Waals surface area contributed by atoms with Gasteiger partial charge in [-0.25, -0.2) is 17.6 Å². The monoisotopic (exact) mass is 524 g/mol. The summed E-state index contributed by atoms with van der Waals surface area (Å²) >= 11 is 0. The first-order chi connectivity index (χ1) is 17.5. The SMILES string of the molecule is CC(c1cc(C2CNC(=O)C2)[nH]n1)c1cccc2c(-c3ccc(CS(C)(=O)=O)c(F)c3)c(C(=O)O)[nH]c12. The van der Waals surface area contributed by atoms with Gasteiger partial charge in [0.1, 0.15) is 11.5 Å². The fourth-order valence-electron chi connectivity index (χ4n) is 4.93. The van der Waals surface area contributed by atoms with E-state index in [4.69, 9.17) is 0 Å². The highest BCUT2D eigenvalue weighted by Gasteiger charge is 2.27. The van der Waals surface area contributed by atoms with Gasteiger partial charge in [0.15, 0.2) is 9.84 Å². The van der Waals surface area contributed by atoms with Crippen LogP contribution < -0.4 is 5.32 Å². The molecular formula is C26H25FN4O5S. The van der Waals surface area contributed by atoms with Crippen molar-refractivity contribution in [3.63, 3.8) is 0 Å². The summed E-state index contributed by atoms with van der Waals surface area (Å²) in [6.45, 7) is 2.50. The lowest BCUT2D eigenvalue weighted by Crippen LogP contribution is -2.13. The van der Waals surface area contributed by atoms with Crippen LogP contribution in [0.1, 0.15) is 58.2 Å². The van der Waals surface area contributed by atoms with Gasteiger partial charge in [-0.15, -0.1) is 0 Å². The van der Waals surface area contributed by atoms with Crippen LogP contribution in [0.25, 0.3) is 22.0 Å². The molecule has 0 spiro atoms. The smallest absolute Gasteiger partial charge is 0.352 e. The van der Waals surface area contributed by atoms with Crippen LogP contribution in [0.15, 0.2) is 42.5 Å². The van der Waals surface area contributed by atoms with Gasteiger partial charge in [-0.1, -0.05) is 37.3 Å². The number of benzene rings is 2. The molecule has 1 aliphatic heterocycles. The van der Waals surface area contributed by atoms with E-state index in [0.29, 0.717) is 35.0 Å². The molecule has 0 radical (unpaired) electrons. The van der Waals surface area contributed by atoms with Crippen molar-refractivity contribution in [1.29, 1.82) is 0 Å². The maximum Gasteiger partial charge on any atom is 0.352 e. The third-order valence-electron chi connectivity index (χ3n) is 6.78. The van der Waals surface area contributed by atoms with Gasteiger partial charge in [-0.05, 0) is 23.3 Å². The second kappa shape index (κ2) is 9.15. The van der Waals surface area contributed by atoms with Crippen molar-refractivity contribution in [3.05, 3.63) is 76.5 Å². The number of aromatic nitrogens is 3. The third kappa shape index (κ3) is 4.74. The molecule has 4 aromatic rings. The number of carbonyl (C=O) groups is 2. The lowest BCUT2D eigenvalue weighted by molar-refractivity contribution is -0.119. The molecule has 0 aliphatic carbocycles. The number of H-pyrrole nitrogens is 2. The molecule has 4 N–H and O–H groups in total. The van der Waals surface area contributed by atoms with Gasteiger partial charge in [-0.2, -0.15) is 5.10 Å². The third-order valence-corrected chi connectivity index (χ3v) is 7.62. The number of hydrogen-bond acceptors (Lipinski definition) is 5. The maximum atomic E-state index is 14.8. The Morgan fingerprint density at radius 3 is 2.68 bits per heavy atom. The minimum absolute atomic E-state index is 0.000121. The molecule has 9 nitrogen and oxygen atoms in total. The number of halogens is 1. The number of carboxylic acids is 1. The molecular weight excluding hydrogens is 499 g/mol. The predicted molar refractivity (Wildman–Crippen MR) is 136 cm³/mol. The summed E-state index contributed by atoms with van der Waals surface area (Å²) in [7, 11) is -3.44. The van der Waals surface area contributed by atoms with E-state index in [1.807, 2.05) is 19.1 Å². The molecule has 1 saturated heterocycles. The molecule has 0 saturated carbocycles. The molecule has 11 heteroatoms. The van der Waals surface area contributed by atoms with E-state index in [9.17, 15) is 27.5 Å². The normalized spacial score (nSPS) is 16.7. The minimum atomic E-state index is -3.44. The molecule has 2 aromatic heterocycles. The van der Waals surface area contributed by atoms with Gasteiger partial charge in [-0.3, -0.25) is 9.89 Å². The number of fused-ring (bicyclic) bond motifs is 1. The quantitative estimate of drug-likeness (QED) is 0.290. The van der Waals surface area contributed by atoms with Crippen molar-refractivity contribution in [1.82, 2.24) is 20.5 Å². The molecule has 2 unspecified atom stereocenters. The van der Waals surface area contributed by atoms with E-state index in [1.54, 1.807) is 12.1 Å². The Morgan fingerprint density at radius 2 is 2.03 bits per heavy atom. The Bertz CT molecular complexity index is 1660. The second-order valence-corrected chi connectivity index (χ2v) is 11.6. The zero-order valence-corrected chi connectivity index (χ0v) is 20.9. The fourth-order valence-corrected chi connectivity index (χ4v) is 5.73. The highest BCUT2D eigenvalue weighted by Crippen LogP contribution is 2.38. The number of nitrogens with zero attached hydrogens (tertiary/aromatic N) is 1. The standard InChI is InChI=1S/C26H25FN4O5S/c1-13(20-10-21(31-30-20)16-9-22(32)28-11-16)17-4-3-5-18-23(25(26(33)34)29-24(17)18)14-6-7-15(19(27)8-14)12-37(2,35)36/h3-8,10,13,16,29H,9,11-12H2,1-2H3,(H,28,32)(H,30,31)(H,33,34). The van der Waals surface area contributed by atoms with Gasteiger partial charge in [0.2, 0.25) is 5.91 Å². The molecule has 192 valence electrons. The first-order valence-corrected chi connectivity index (χ1v) is 13.7. The van der Waals surface area contributed by atoms with Crippen molar-refractivity contribution in [3.8, 4) is 11.1 Å². The Labute approximate surface area is 212 Å². The number of para-hydroxylation sites is 1. The predicted octanol–water partition coefficient (Wildman–Crippen LogP) is 3.70. The highest BCUT2D eigenvalue weighted by atomic mass is 32.2. The van der Waals surface area contributed by atoms with Crippen molar-refractivity contribution in [2.24, 2.45) is 0 Å². The van der Waals surface area contributed by atoms with Gasteiger partial charge in [0.05, 0.1) is 17.0 Å². The fraction of sp³-hybridized carbons (Fsp3) is 0.269. The lowest BCUT2D eigenvalue weighted by atomic mass is 9.93. The van der Waals surface area contributed by atoms with E-state index in [2.05, 4.69) is 20.5 Å². The molecule has 1 aliphatic rings. The largest absolute Gasteiger partial charge is 0.477 e. The number of aromatic carboxylic acids is 1. The number of aromatic amines is 2. The van der Waals surface area contributed by atoms with E-state index >= 15 is 0 Å². The Hall–Kier alpha value is -3.99. The average Bonchev–Trinajstić information content (AvgIpc) is 3.56. The van der Waals surface area contributed by atoms with Crippen molar-refractivity contribution in [2.45, 2.75) is 30.9 Å². The average molecular weight is 525 g/mol. The number of hydrogen-bond donors (Lipinski definition) is 4. The minimum Gasteiger partial charge on any atom is -0.477 e. The van der Waals surface area contributed by atoms with Crippen LogP contribution in [-0.4, -0.2) is 53.4 Å². The number of carboxylic acid groups (broad SMARTS) is 1. The maximum absolute atomic E-state index is 14.8. The summed E-state index contributed by atoms with van der Waals surface area (Å²) in [5, 5.41) is 20.8. The van der Waals surface area contributed by atoms with Crippen LogP contribution in [0.3, 0.4) is 0 Å². The topological polar surface area (TPSA) is 145 Å². The zero-order valence-electron chi connectivity index (χ0n) is 20.1. The van der Waals surface area contributed by atoms with E-state index in [-0.39, 0.29) is 29.0 Å². The van der Waals surface area contributed by atoms with Crippen molar-refractivity contribution >= 4 is 32.6 Å². The van der Waals surface area contributed by atoms with E-state index in [1.165, 1.54) is 18.2 Å². The number of nitrogens with one attached hydrogen (secondary N) is 3. The van der Waals surface area contributed by atoms with Crippen LogP contribution >= 0.6 is 0 Å². The molecule has 2 atom stereocenters. The number of rotatable bonds is 7. The summed E-state index contributed by atoms with van der Waals surface area (Å²) in [5.41, 5.74) is 3.56. The summed E-state index contributed by atoms with van der Waals surface area (Å²) < 4.78 is 38.1. The Balaban J connectivity index is 1.57. The molecule has 37 heavy (non-hydrogen) atoms. The molecule has 1 fully saturated rings. The van der Waals surface area contributed by atoms with Crippen molar-refractivity contribution in [2.75, 3.05) is 12.8 Å². The lowest BCUT2D eigenvalue weighted by Gasteiger charge is -2.11. The summed E-state index contributed by atoms with van der Waals surface area (Å²) in [6, 6.07) is 11.4. The van der Waals surface area contributed by atoms with E-state index in [0.717, 1.165) is 23.2 Å². The van der Waals surface area contributed by atoms with Crippen LogP contribution in [0.5, 0.6) is 0 Å². The van der Waals surface area contributed by atoms with Crippen LogP contribution in [0.4, 0.5) is 4.39 Å². The molecule has 1 amide bonds. The number of sulfone groups is 1. The molecule has 5 rings (SSSR count). The summed E-state index contributed by atoms with van der Waals surface area (Å²) in [6.07, 6.45) is 1.42. The van der Waals surface area contributed by atoms with Crippen LogP contribution in [-0.2, 0) is 20.4 Å². The molecule has 2 aromatic carbocycles. The Kier molecular flexibility index (Phi) is 6.10. The summed E-state index contributed by atoms with van der Waals surface area (Å²) in [5.74, 6) is -2.57. The summed E-state index contributed by atoms with van der Waals surface area (Å²) in [4.78, 5) is 26.8.